The zero-order valence-electron chi connectivity index (χ0n) is 12.8. The number of aromatic nitrogens is 2. The van der Waals surface area contributed by atoms with Crippen molar-refractivity contribution in [1.29, 1.82) is 0 Å². The van der Waals surface area contributed by atoms with Crippen LogP contribution in [0.4, 0.5) is 5.69 Å². The van der Waals surface area contributed by atoms with Crippen molar-refractivity contribution in [2.75, 3.05) is 5.32 Å². The summed E-state index contributed by atoms with van der Waals surface area (Å²) in [7, 11) is 1.93. The molecular formula is C18H15N3O2. The van der Waals surface area contributed by atoms with Gasteiger partial charge in [-0.15, -0.1) is 0 Å². The molecule has 5 nitrogen and oxygen atoms in total. The highest BCUT2D eigenvalue weighted by Gasteiger charge is 2.10. The van der Waals surface area contributed by atoms with E-state index in [1.807, 2.05) is 48.9 Å². The van der Waals surface area contributed by atoms with Gasteiger partial charge in [0.05, 0.1) is 17.4 Å². The molecule has 4 rings (SSSR count). The van der Waals surface area contributed by atoms with Crippen LogP contribution >= 0.6 is 0 Å². The molecule has 1 amide bonds. The first-order valence-electron chi connectivity index (χ1n) is 7.33. The molecule has 2 heterocycles. The van der Waals surface area contributed by atoms with Crippen molar-refractivity contribution in [3.63, 3.8) is 0 Å². The lowest BCUT2D eigenvalue weighted by Crippen LogP contribution is -2.11. The molecule has 23 heavy (non-hydrogen) atoms. The Morgan fingerprint density at radius 1 is 1.17 bits per heavy atom. The lowest BCUT2D eigenvalue weighted by Gasteiger charge is -2.05. The molecule has 0 aliphatic heterocycles. The van der Waals surface area contributed by atoms with Crippen molar-refractivity contribution < 1.29 is 9.21 Å². The van der Waals surface area contributed by atoms with E-state index < -0.39 is 0 Å². The highest BCUT2D eigenvalue weighted by molar-refractivity contribution is 6.06. The Morgan fingerprint density at radius 2 is 2.04 bits per heavy atom. The minimum Gasteiger partial charge on any atom is -0.461 e. The number of hydrogen-bond donors (Lipinski definition) is 1. The maximum absolute atomic E-state index is 12.4. The fraction of sp³-hybridized carbons (Fsp3) is 0.111. The molecule has 0 radical (unpaired) electrons. The van der Waals surface area contributed by atoms with Crippen molar-refractivity contribution in [3.05, 3.63) is 60.1 Å². The van der Waals surface area contributed by atoms with Crippen LogP contribution in [0.25, 0.3) is 22.0 Å². The summed E-state index contributed by atoms with van der Waals surface area (Å²) in [6.07, 6.45) is 1.74. The maximum atomic E-state index is 12.4. The Balaban J connectivity index is 1.64. The molecule has 0 saturated carbocycles. The summed E-state index contributed by atoms with van der Waals surface area (Å²) in [5, 5.41) is 3.89. The maximum Gasteiger partial charge on any atom is 0.255 e. The third-order valence-electron chi connectivity index (χ3n) is 3.88. The summed E-state index contributed by atoms with van der Waals surface area (Å²) in [6, 6.07) is 13.1. The Kier molecular flexibility index (Phi) is 2.94. The molecule has 5 heteroatoms. The van der Waals surface area contributed by atoms with E-state index in [4.69, 9.17) is 4.42 Å². The van der Waals surface area contributed by atoms with Crippen LogP contribution in [0, 0.1) is 6.92 Å². The molecule has 0 atom stereocenters. The number of carbonyl (C=O) groups is 1. The molecule has 0 bridgehead atoms. The van der Waals surface area contributed by atoms with Crippen LogP contribution in [-0.2, 0) is 7.05 Å². The van der Waals surface area contributed by atoms with Crippen LogP contribution in [0.2, 0.25) is 0 Å². The monoisotopic (exact) mass is 305 g/mol. The molecule has 0 aliphatic carbocycles. The average molecular weight is 305 g/mol. The number of carbonyl (C=O) groups excluding carboxylic acids is 1. The number of fused-ring (bicyclic) bond motifs is 2. The Morgan fingerprint density at radius 3 is 2.91 bits per heavy atom. The van der Waals surface area contributed by atoms with Crippen LogP contribution < -0.4 is 5.32 Å². The third-order valence-corrected chi connectivity index (χ3v) is 3.88. The second-order valence-electron chi connectivity index (χ2n) is 5.62. The Bertz CT molecular complexity index is 1040. The number of nitrogens with one attached hydrogen (secondary N) is 1. The van der Waals surface area contributed by atoms with Crippen LogP contribution in [-0.4, -0.2) is 15.5 Å². The van der Waals surface area contributed by atoms with Crippen LogP contribution in [0.3, 0.4) is 0 Å². The predicted molar refractivity (Wildman–Crippen MR) is 89.6 cm³/mol. The van der Waals surface area contributed by atoms with Crippen LogP contribution in [0.5, 0.6) is 0 Å². The second kappa shape index (κ2) is 4.98. The Labute approximate surface area is 132 Å². The van der Waals surface area contributed by atoms with E-state index in [-0.39, 0.29) is 5.91 Å². The van der Waals surface area contributed by atoms with Crippen molar-refractivity contribution >= 4 is 33.6 Å². The first-order chi connectivity index (χ1) is 11.1. The molecule has 114 valence electrons. The molecule has 0 spiro atoms. The normalized spacial score (nSPS) is 11.2. The third kappa shape index (κ3) is 2.36. The largest absolute Gasteiger partial charge is 0.461 e. The number of anilines is 1. The topological polar surface area (TPSA) is 60.1 Å². The second-order valence-corrected chi connectivity index (χ2v) is 5.62. The van der Waals surface area contributed by atoms with Crippen molar-refractivity contribution in [1.82, 2.24) is 9.55 Å². The number of amides is 1. The number of furan rings is 1. The van der Waals surface area contributed by atoms with E-state index in [0.29, 0.717) is 5.56 Å². The Hall–Kier alpha value is -3.08. The molecule has 0 saturated heterocycles. The minimum absolute atomic E-state index is 0.155. The van der Waals surface area contributed by atoms with Crippen molar-refractivity contribution in [3.8, 4) is 0 Å². The van der Waals surface area contributed by atoms with Gasteiger partial charge in [0.2, 0.25) is 0 Å². The fourth-order valence-electron chi connectivity index (χ4n) is 2.73. The molecule has 2 aromatic carbocycles. The summed E-state index contributed by atoms with van der Waals surface area (Å²) >= 11 is 0. The number of aryl methyl sites for hydroxylation is 2. The summed E-state index contributed by atoms with van der Waals surface area (Å²) in [4.78, 5) is 16.7. The van der Waals surface area contributed by atoms with Crippen LogP contribution in [0.1, 0.15) is 16.1 Å². The smallest absolute Gasteiger partial charge is 0.255 e. The molecule has 2 aromatic heterocycles. The van der Waals surface area contributed by atoms with Gasteiger partial charge in [-0.1, -0.05) is 0 Å². The summed E-state index contributed by atoms with van der Waals surface area (Å²) in [5.41, 5.74) is 3.94. The summed E-state index contributed by atoms with van der Waals surface area (Å²) in [6.45, 7) is 1.90. The quantitative estimate of drug-likeness (QED) is 0.611. The molecule has 0 unspecified atom stereocenters. The fourth-order valence-corrected chi connectivity index (χ4v) is 2.73. The first kappa shape index (κ1) is 13.6. The molecule has 0 fully saturated rings. The predicted octanol–water partition coefficient (Wildman–Crippen LogP) is 3.88. The van der Waals surface area contributed by atoms with E-state index in [9.17, 15) is 4.79 Å². The number of hydrogen-bond acceptors (Lipinski definition) is 3. The van der Waals surface area contributed by atoms with Crippen molar-refractivity contribution in [2.45, 2.75) is 6.92 Å². The summed E-state index contributed by atoms with van der Waals surface area (Å²) in [5.74, 6) is 0.696. The van der Waals surface area contributed by atoms with Gasteiger partial charge in [-0.2, -0.15) is 0 Å². The van der Waals surface area contributed by atoms with Crippen LogP contribution in [0.15, 0.2) is 53.2 Å². The lowest BCUT2D eigenvalue weighted by molar-refractivity contribution is 0.102. The highest BCUT2D eigenvalue weighted by Crippen LogP contribution is 2.23. The van der Waals surface area contributed by atoms with E-state index in [0.717, 1.165) is 33.5 Å². The number of imidazole rings is 1. The summed E-state index contributed by atoms with van der Waals surface area (Å²) < 4.78 is 7.46. The van der Waals surface area contributed by atoms with E-state index in [1.165, 1.54) is 0 Å². The standard InChI is InChI=1S/C18H15N3O2/c1-11-7-13-8-14(4-6-17(13)23-11)20-18(22)12-3-5-16-15(9-12)19-10-21(16)2/h3-10H,1-2H3,(H,20,22). The van der Waals surface area contributed by atoms with Gasteiger partial charge in [0.15, 0.2) is 0 Å². The molecule has 4 aromatic rings. The van der Waals surface area contributed by atoms with Gasteiger partial charge in [0.25, 0.3) is 5.91 Å². The van der Waals surface area contributed by atoms with Gasteiger partial charge < -0.3 is 14.3 Å². The highest BCUT2D eigenvalue weighted by atomic mass is 16.3. The van der Waals surface area contributed by atoms with Gasteiger partial charge in [-0.25, -0.2) is 4.98 Å². The van der Waals surface area contributed by atoms with Gasteiger partial charge >= 0.3 is 0 Å². The zero-order chi connectivity index (χ0) is 16.0. The average Bonchev–Trinajstić information content (AvgIpc) is 3.08. The molecule has 1 N–H and O–H groups in total. The van der Waals surface area contributed by atoms with Gasteiger partial charge in [0.1, 0.15) is 11.3 Å². The first-order valence-corrected chi connectivity index (χ1v) is 7.33. The van der Waals surface area contributed by atoms with Gasteiger partial charge in [-0.05, 0) is 49.4 Å². The SMILES string of the molecule is Cc1cc2cc(NC(=O)c3ccc4c(c3)ncn4C)ccc2o1. The minimum atomic E-state index is -0.155. The molecule has 0 aliphatic rings. The molecular weight excluding hydrogens is 290 g/mol. The van der Waals surface area contributed by atoms with Crippen molar-refractivity contribution in [2.24, 2.45) is 7.05 Å². The van der Waals surface area contributed by atoms with E-state index in [2.05, 4.69) is 10.3 Å². The van der Waals surface area contributed by atoms with E-state index >= 15 is 0 Å². The lowest BCUT2D eigenvalue weighted by atomic mass is 10.1. The zero-order valence-corrected chi connectivity index (χ0v) is 12.8. The number of nitrogens with zero attached hydrogens (tertiary/aromatic N) is 2. The van der Waals surface area contributed by atoms with Gasteiger partial charge in [-0.3, -0.25) is 4.79 Å². The number of benzene rings is 2. The van der Waals surface area contributed by atoms with Gasteiger partial charge in [0, 0.05) is 23.7 Å². The number of rotatable bonds is 2. The van der Waals surface area contributed by atoms with E-state index in [1.54, 1.807) is 18.5 Å².